The summed E-state index contributed by atoms with van der Waals surface area (Å²) in [6.45, 7) is 6.97. The molecule has 1 aromatic carbocycles. The Hall–Kier alpha value is -3.57. The summed E-state index contributed by atoms with van der Waals surface area (Å²) < 4.78 is 47.2. The topological polar surface area (TPSA) is 106 Å². The number of amides is 3. The molecule has 2 N–H and O–H groups in total. The summed E-state index contributed by atoms with van der Waals surface area (Å²) in [4.78, 5) is 38.0. The lowest BCUT2D eigenvalue weighted by atomic mass is 9.85. The van der Waals surface area contributed by atoms with Gasteiger partial charge in [0.2, 0.25) is 5.91 Å². The first-order valence-corrected chi connectivity index (χ1v) is 12.1. The summed E-state index contributed by atoms with van der Waals surface area (Å²) in [5.74, 6) is -1.91. The molecule has 0 aliphatic heterocycles. The van der Waals surface area contributed by atoms with Crippen LogP contribution in [0.4, 0.5) is 18.0 Å². The van der Waals surface area contributed by atoms with Crippen LogP contribution in [0.1, 0.15) is 69.4 Å². The summed E-state index contributed by atoms with van der Waals surface area (Å²) in [7, 11) is 0. The van der Waals surface area contributed by atoms with Gasteiger partial charge in [-0.1, -0.05) is 18.2 Å². The minimum Gasteiger partial charge on any atom is -0.444 e. The molecule has 0 unspecified atom stereocenters. The molecule has 1 fully saturated rings. The fourth-order valence-electron chi connectivity index (χ4n) is 4.11. The maximum absolute atomic E-state index is 13.6. The van der Waals surface area contributed by atoms with E-state index in [2.05, 4.69) is 15.8 Å². The second kappa shape index (κ2) is 11.2. The molecule has 12 heteroatoms. The van der Waals surface area contributed by atoms with Crippen molar-refractivity contribution in [2.24, 2.45) is 5.92 Å². The van der Waals surface area contributed by atoms with E-state index in [1.54, 1.807) is 58.0 Å². The van der Waals surface area contributed by atoms with Crippen LogP contribution in [0, 0.1) is 5.92 Å². The molecule has 0 atom stereocenters. The lowest BCUT2D eigenvalue weighted by Gasteiger charge is -2.32. The first kappa shape index (κ1) is 28.0. The third kappa shape index (κ3) is 7.46. The standard InChI is InChI=1S/C25H32F3N5O4/c1-5-32(22(35)16-11-13-17(14-12-16)29-23(36)37-24(2,3)4)31-21(34)19-15-33(18-9-7-6-8-10-18)30-20(19)25(26,27)28/h6-10,15-17H,5,11-14H2,1-4H3,(H,29,36)(H,31,34). The Balaban J connectivity index is 1.66. The zero-order chi connectivity index (χ0) is 27.4. The van der Waals surface area contributed by atoms with E-state index in [1.165, 1.54) is 0 Å². The Bertz CT molecular complexity index is 1100. The molecule has 1 saturated carbocycles. The number of nitrogens with one attached hydrogen (secondary N) is 2. The van der Waals surface area contributed by atoms with E-state index < -0.39 is 46.9 Å². The highest BCUT2D eigenvalue weighted by atomic mass is 19.4. The van der Waals surface area contributed by atoms with Crippen molar-refractivity contribution < 1.29 is 32.3 Å². The Morgan fingerprint density at radius 2 is 1.70 bits per heavy atom. The second-order valence-electron chi connectivity index (χ2n) is 9.89. The number of para-hydroxylation sites is 1. The summed E-state index contributed by atoms with van der Waals surface area (Å²) in [5, 5.41) is 7.41. The van der Waals surface area contributed by atoms with E-state index in [-0.39, 0.29) is 12.6 Å². The fourth-order valence-corrected chi connectivity index (χ4v) is 4.11. The number of benzene rings is 1. The monoisotopic (exact) mass is 523 g/mol. The number of nitrogens with zero attached hydrogens (tertiary/aromatic N) is 3. The predicted octanol–water partition coefficient (Wildman–Crippen LogP) is 4.47. The van der Waals surface area contributed by atoms with Gasteiger partial charge in [0.25, 0.3) is 5.91 Å². The van der Waals surface area contributed by atoms with Crippen molar-refractivity contribution in [3.8, 4) is 5.69 Å². The fraction of sp³-hybridized carbons (Fsp3) is 0.520. The molecule has 2 aromatic rings. The molecule has 1 aliphatic rings. The van der Waals surface area contributed by atoms with E-state index in [4.69, 9.17) is 4.74 Å². The molecule has 1 aliphatic carbocycles. The minimum atomic E-state index is -4.87. The smallest absolute Gasteiger partial charge is 0.435 e. The van der Waals surface area contributed by atoms with Crippen molar-refractivity contribution >= 4 is 17.9 Å². The molecule has 0 spiro atoms. The van der Waals surface area contributed by atoms with Crippen LogP contribution in [0.15, 0.2) is 36.5 Å². The number of ether oxygens (including phenoxy) is 1. The van der Waals surface area contributed by atoms with Gasteiger partial charge in [-0.15, -0.1) is 0 Å². The van der Waals surface area contributed by atoms with Crippen LogP contribution < -0.4 is 10.7 Å². The number of halogens is 3. The van der Waals surface area contributed by atoms with Crippen molar-refractivity contribution in [1.82, 2.24) is 25.5 Å². The molecule has 1 heterocycles. The van der Waals surface area contributed by atoms with E-state index >= 15 is 0 Å². The first-order chi connectivity index (χ1) is 17.3. The molecule has 202 valence electrons. The van der Waals surface area contributed by atoms with Crippen LogP contribution >= 0.6 is 0 Å². The number of aromatic nitrogens is 2. The van der Waals surface area contributed by atoms with Crippen LogP contribution in [-0.4, -0.2) is 50.9 Å². The summed E-state index contributed by atoms with van der Waals surface area (Å²) in [5.41, 5.74) is 0.0291. The normalized spacial score (nSPS) is 18.1. The van der Waals surface area contributed by atoms with E-state index in [0.717, 1.165) is 15.9 Å². The van der Waals surface area contributed by atoms with Crippen LogP contribution in [0.2, 0.25) is 0 Å². The molecule has 3 amide bonds. The molecule has 9 nitrogen and oxygen atoms in total. The van der Waals surface area contributed by atoms with Gasteiger partial charge in [-0.3, -0.25) is 20.0 Å². The summed E-state index contributed by atoms with van der Waals surface area (Å²) in [6, 6.07) is 7.95. The van der Waals surface area contributed by atoms with E-state index in [1.807, 2.05) is 0 Å². The van der Waals surface area contributed by atoms with Gasteiger partial charge >= 0.3 is 12.3 Å². The molecular weight excluding hydrogens is 491 g/mol. The van der Waals surface area contributed by atoms with Crippen molar-refractivity contribution in [2.45, 2.75) is 71.2 Å². The zero-order valence-electron chi connectivity index (χ0n) is 21.3. The molecular formula is C25H32F3N5O4. The SMILES string of the molecule is CCN(NC(=O)c1cn(-c2ccccc2)nc1C(F)(F)F)C(=O)C1CCC(NC(=O)OC(C)(C)C)CC1. The van der Waals surface area contributed by atoms with Gasteiger partial charge < -0.3 is 10.1 Å². The highest BCUT2D eigenvalue weighted by molar-refractivity contribution is 5.96. The average Bonchev–Trinajstić information content (AvgIpc) is 3.28. The highest BCUT2D eigenvalue weighted by Crippen LogP contribution is 2.32. The van der Waals surface area contributed by atoms with Crippen LogP contribution in [0.3, 0.4) is 0 Å². The quantitative estimate of drug-likeness (QED) is 0.563. The lowest BCUT2D eigenvalue weighted by molar-refractivity contribution is -0.141. The first-order valence-electron chi connectivity index (χ1n) is 12.1. The lowest BCUT2D eigenvalue weighted by Crippen LogP contribution is -2.50. The number of alkyl carbamates (subject to hydrolysis) is 1. The largest absolute Gasteiger partial charge is 0.444 e. The Morgan fingerprint density at radius 3 is 2.24 bits per heavy atom. The van der Waals surface area contributed by atoms with E-state index in [0.29, 0.717) is 31.4 Å². The van der Waals surface area contributed by atoms with E-state index in [9.17, 15) is 27.6 Å². The molecule has 0 saturated heterocycles. The van der Waals surface area contributed by atoms with Crippen LogP contribution in [0.25, 0.3) is 5.69 Å². The molecule has 0 radical (unpaired) electrons. The maximum Gasteiger partial charge on any atom is 0.435 e. The number of hydrazine groups is 1. The number of carbonyl (C=O) groups is 3. The summed E-state index contributed by atoms with van der Waals surface area (Å²) in [6.07, 6.45) is -2.43. The average molecular weight is 524 g/mol. The van der Waals surface area contributed by atoms with Crippen molar-refractivity contribution in [2.75, 3.05) is 6.54 Å². The number of hydrogen-bond acceptors (Lipinski definition) is 5. The number of carbonyl (C=O) groups excluding carboxylic acids is 3. The number of hydrogen-bond donors (Lipinski definition) is 2. The van der Waals surface area contributed by atoms with Gasteiger partial charge in [-0.2, -0.15) is 18.3 Å². The van der Waals surface area contributed by atoms with Gasteiger partial charge in [0.15, 0.2) is 5.69 Å². The van der Waals surface area contributed by atoms with Crippen molar-refractivity contribution in [3.63, 3.8) is 0 Å². The Kier molecular flexibility index (Phi) is 8.49. The van der Waals surface area contributed by atoms with Gasteiger partial charge in [0.05, 0.1) is 11.3 Å². The third-order valence-electron chi connectivity index (χ3n) is 5.86. The highest BCUT2D eigenvalue weighted by Gasteiger charge is 2.40. The summed E-state index contributed by atoms with van der Waals surface area (Å²) >= 11 is 0. The van der Waals surface area contributed by atoms with Crippen molar-refractivity contribution in [1.29, 1.82) is 0 Å². The van der Waals surface area contributed by atoms with Crippen LogP contribution in [0.5, 0.6) is 0 Å². The molecule has 37 heavy (non-hydrogen) atoms. The third-order valence-corrected chi connectivity index (χ3v) is 5.86. The number of rotatable bonds is 5. The van der Waals surface area contributed by atoms with Crippen LogP contribution in [-0.2, 0) is 15.7 Å². The van der Waals surface area contributed by atoms with Crippen molar-refractivity contribution in [3.05, 3.63) is 47.8 Å². The number of alkyl halides is 3. The Labute approximate surface area is 213 Å². The second-order valence-corrected chi connectivity index (χ2v) is 9.89. The maximum atomic E-state index is 13.6. The van der Waals surface area contributed by atoms with Gasteiger partial charge in [-0.25, -0.2) is 9.48 Å². The molecule has 3 rings (SSSR count). The van der Waals surface area contributed by atoms with Gasteiger partial charge in [-0.05, 0) is 65.5 Å². The zero-order valence-corrected chi connectivity index (χ0v) is 21.3. The minimum absolute atomic E-state index is 0.0643. The van der Waals surface area contributed by atoms with Gasteiger partial charge in [0, 0.05) is 24.7 Å². The molecule has 0 bridgehead atoms. The van der Waals surface area contributed by atoms with Gasteiger partial charge in [0.1, 0.15) is 5.60 Å². The Morgan fingerprint density at radius 1 is 1.08 bits per heavy atom. The molecule has 1 aromatic heterocycles. The predicted molar refractivity (Wildman–Crippen MR) is 129 cm³/mol.